The van der Waals surface area contributed by atoms with Crippen LogP contribution in [-0.2, 0) is 13.0 Å². The van der Waals surface area contributed by atoms with Crippen molar-refractivity contribution < 1.29 is 9.53 Å². The van der Waals surface area contributed by atoms with E-state index in [4.69, 9.17) is 4.74 Å². The zero-order valence-electron chi connectivity index (χ0n) is 15.8. The number of aromatic nitrogens is 5. The van der Waals surface area contributed by atoms with Gasteiger partial charge in [-0.3, -0.25) is 14.5 Å². The van der Waals surface area contributed by atoms with Crippen LogP contribution in [-0.4, -0.2) is 37.4 Å². The van der Waals surface area contributed by atoms with Crippen LogP contribution in [0.4, 0.5) is 4.79 Å². The molecule has 3 aromatic rings. The lowest BCUT2D eigenvalue weighted by atomic mass is 10.0. The Morgan fingerprint density at radius 1 is 1.29 bits per heavy atom. The summed E-state index contributed by atoms with van der Waals surface area (Å²) in [6, 6.07) is 3.57. The van der Waals surface area contributed by atoms with Crippen LogP contribution in [0.1, 0.15) is 24.6 Å². The highest BCUT2D eigenvalue weighted by Crippen LogP contribution is 2.25. The van der Waals surface area contributed by atoms with Crippen molar-refractivity contribution >= 4 is 6.09 Å². The molecule has 0 unspecified atom stereocenters. The molecule has 3 heterocycles. The Hall–Kier alpha value is -3.49. The van der Waals surface area contributed by atoms with Crippen LogP contribution in [0.5, 0.6) is 5.75 Å². The predicted octanol–water partition coefficient (Wildman–Crippen LogP) is 2.08. The molecule has 0 aliphatic carbocycles. The Bertz CT molecular complexity index is 997. The number of amides is 1. The van der Waals surface area contributed by atoms with Gasteiger partial charge in [-0.25, -0.2) is 9.78 Å². The van der Waals surface area contributed by atoms with Gasteiger partial charge in [0.1, 0.15) is 12.7 Å². The number of carbonyl (C=O) groups excluding carboxylic acids is 1. The zero-order chi connectivity index (χ0) is 19.9. The highest BCUT2D eigenvalue weighted by molar-refractivity contribution is 5.72. The number of H-pyrrole nitrogens is 1. The minimum absolute atomic E-state index is 0.0885. The number of ether oxygens (including phenoxy) is 1. The highest BCUT2D eigenvalue weighted by atomic mass is 16.6. The summed E-state index contributed by atoms with van der Waals surface area (Å²) in [7, 11) is 0. The number of carbonyl (C=O) groups is 1. The molecule has 0 aromatic carbocycles. The van der Waals surface area contributed by atoms with E-state index >= 15 is 0 Å². The lowest BCUT2D eigenvalue weighted by Gasteiger charge is -2.10. The average Bonchev–Trinajstić information content (AvgIpc) is 3.19. The van der Waals surface area contributed by atoms with Crippen LogP contribution >= 0.6 is 0 Å². The topological polar surface area (TPSA) is 115 Å². The van der Waals surface area contributed by atoms with Crippen LogP contribution in [0.3, 0.4) is 0 Å². The van der Waals surface area contributed by atoms with Gasteiger partial charge in [0.25, 0.3) is 5.56 Å². The molecule has 0 fully saturated rings. The minimum Gasteiger partial charge on any atom is -0.409 e. The second kappa shape index (κ2) is 8.94. The second-order valence-corrected chi connectivity index (χ2v) is 6.25. The summed E-state index contributed by atoms with van der Waals surface area (Å²) < 4.78 is 7.01. The normalized spacial score (nSPS) is 10.6. The molecule has 0 aliphatic rings. The molecule has 3 aromatic heterocycles. The van der Waals surface area contributed by atoms with E-state index in [0.717, 1.165) is 16.8 Å². The first-order valence-corrected chi connectivity index (χ1v) is 9.03. The van der Waals surface area contributed by atoms with Crippen molar-refractivity contribution in [2.45, 2.75) is 33.2 Å². The van der Waals surface area contributed by atoms with E-state index < -0.39 is 6.09 Å². The van der Waals surface area contributed by atoms with Crippen LogP contribution in [0, 0.1) is 6.92 Å². The molecule has 0 atom stereocenters. The predicted molar refractivity (Wildman–Crippen MR) is 103 cm³/mol. The van der Waals surface area contributed by atoms with E-state index in [1.54, 1.807) is 23.3 Å². The van der Waals surface area contributed by atoms with E-state index in [0.29, 0.717) is 37.2 Å². The van der Waals surface area contributed by atoms with E-state index in [2.05, 4.69) is 25.4 Å². The molecule has 0 aliphatic heterocycles. The first-order chi connectivity index (χ1) is 13.6. The van der Waals surface area contributed by atoms with Crippen molar-refractivity contribution in [3.05, 3.63) is 58.8 Å². The highest BCUT2D eigenvalue weighted by Gasteiger charge is 2.10. The number of rotatable bonds is 7. The lowest BCUT2D eigenvalue weighted by molar-refractivity contribution is 0.200. The van der Waals surface area contributed by atoms with Crippen LogP contribution < -0.4 is 15.6 Å². The van der Waals surface area contributed by atoms with Gasteiger partial charge < -0.3 is 15.0 Å². The Balaban J connectivity index is 1.61. The van der Waals surface area contributed by atoms with Crippen molar-refractivity contribution in [3.63, 3.8) is 0 Å². The molecule has 0 bridgehead atoms. The van der Waals surface area contributed by atoms with Gasteiger partial charge in [0.05, 0.1) is 6.20 Å². The fourth-order valence-corrected chi connectivity index (χ4v) is 2.77. The van der Waals surface area contributed by atoms with Gasteiger partial charge in [0.15, 0.2) is 5.75 Å². The third-order valence-corrected chi connectivity index (χ3v) is 4.23. The molecule has 28 heavy (non-hydrogen) atoms. The molecular weight excluding hydrogens is 360 g/mol. The van der Waals surface area contributed by atoms with E-state index in [1.165, 1.54) is 12.5 Å². The third-order valence-electron chi connectivity index (χ3n) is 4.23. The standard InChI is InChI=1S/C19H22N6O3/c1-3-14-8-17(13(2)24-18(14)26)15-7-16(10-20-9-15)28-19(27)22-5-4-6-25-12-21-11-23-25/h7-12H,3-6H2,1-2H3,(H,22,27)(H,24,26). The van der Waals surface area contributed by atoms with Crippen molar-refractivity contribution in [1.82, 2.24) is 30.0 Å². The van der Waals surface area contributed by atoms with Gasteiger partial charge in [-0.15, -0.1) is 0 Å². The van der Waals surface area contributed by atoms with Gasteiger partial charge in [0, 0.05) is 41.7 Å². The number of aryl methyl sites for hydroxylation is 3. The lowest BCUT2D eigenvalue weighted by Crippen LogP contribution is -2.28. The maximum absolute atomic E-state index is 12.0. The number of nitrogens with zero attached hydrogens (tertiary/aromatic N) is 4. The first-order valence-electron chi connectivity index (χ1n) is 9.03. The summed E-state index contributed by atoms with van der Waals surface area (Å²) >= 11 is 0. The molecule has 3 rings (SSSR count). The molecule has 0 spiro atoms. The SMILES string of the molecule is CCc1cc(-c2cncc(OC(=O)NCCCn3cncn3)c2)c(C)[nH]c1=O. The van der Waals surface area contributed by atoms with Crippen LogP contribution in [0.2, 0.25) is 0 Å². The second-order valence-electron chi connectivity index (χ2n) is 6.25. The molecule has 1 amide bonds. The Kier molecular flexibility index (Phi) is 6.15. The molecule has 0 radical (unpaired) electrons. The van der Waals surface area contributed by atoms with Gasteiger partial charge in [-0.05, 0) is 31.9 Å². The number of nitrogens with one attached hydrogen (secondary N) is 2. The van der Waals surface area contributed by atoms with Crippen molar-refractivity contribution in [2.75, 3.05) is 6.54 Å². The summed E-state index contributed by atoms with van der Waals surface area (Å²) in [4.78, 5) is 34.8. The van der Waals surface area contributed by atoms with Crippen LogP contribution in [0.25, 0.3) is 11.1 Å². The minimum atomic E-state index is -0.551. The Morgan fingerprint density at radius 3 is 2.89 bits per heavy atom. The number of hydrogen-bond donors (Lipinski definition) is 2. The summed E-state index contributed by atoms with van der Waals surface area (Å²) in [5.74, 6) is 0.329. The van der Waals surface area contributed by atoms with E-state index in [1.807, 2.05) is 19.9 Å². The summed E-state index contributed by atoms with van der Waals surface area (Å²) in [5, 5.41) is 6.69. The van der Waals surface area contributed by atoms with Crippen molar-refractivity contribution in [1.29, 1.82) is 0 Å². The van der Waals surface area contributed by atoms with Crippen molar-refractivity contribution in [2.24, 2.45) is 0 Å². The van der Waals surface area contributed by atoms with Gasteiger partial charge in [-0.2, -0.15) is 5.10 Å². The first kappa shape index (κ1) is 19.3. The molecule has 0 saturated carbocycles. The molecule has 9 nitrogen and oxygen atoms in total. The maximum Gasteiger partial charge on any atom is 0.412 e. The zero-order valence-corrected chi connectivity index (χ0v) is 15.8. The van der Waals surface area contributed by atoms with Gasteiger partial charge in [-0.1, -0.05) is 6.92 Å². The largest absolute Gasteiger partial charge is 0.412 e. The summed E-state index contributed by atoms with van der Waals surface area (Å²) in [6.07, 6.45) is 7.01. The quantitative estimate of drug-likeness (QED) is 0.605. The molecule has 2 N–H and O–H groups in total. The number of aromatic amines is 1. The molecule has 146 valence electrons. The Labute approximate surface area is 161 Å². The average molecular weight is 382 g/mol. The number of pyridine rings is 2. The van der Waals surface area contributed by atoms with Crippen molar-refractivity contribution in [3.8, 4) is 16.9 Å². The van der Waals surface area contributed by atoms with Crippen LogP contribution in [0.15, 0.2) is 42.0 Å². The fraction of sp³-hybridized carbons (Fsp3) is 0.316. The smallest absolute Gasteiger partial charge is 0.409 e. The molecular formula is C19H22N6O3. The third kappa shape index (κ3) is 4.81. The molecule has 9 heteroatoms. The monoisotopic (exact) mass is 382 g/mol. The maximum atomic E-state index is 12.0. The van der Waals surface area contributed by atoms with Gasteiger partial charge in [0.2, 0.25) is 0 Å². The van der Waals surface area contributed by atoms with Gasteiger partial charge >= 0.3 is 6.09 Å². The summed E-state index contributed by atoms with van der Waals surface area (Å²) in [6.45, 7) is 4.85. The van der Waals surface area contributed by atoms with E-state index in [-0.39, 0.29) is 5.56 Å². The Morgan fingerprint density at radius 2 is 2.14 bits per heavy atom. The number of hydrogen-bond acceptors (Lipinski definition) is 6. The fourth-order valence-electron chi connectivity index (χ4n) is 2.77. The summed E-state index contributed by atoms with van der Waals surface area (Å²) in [5.41, 5.74) is 2.95. The molecule has 0 saturated heterocycles. The van der Waals surface area contributed by atoms with E-state index in [9.17, 15) is 9.59 Å².